The van der Waals surface area contributed by atoms with Crippen molar-refractivity contribution in [2.24, 2.45) is 0 Å². The number of rotatable bonds is 8. The first-order chi connectivity index (χ1) is 14.8. The molecule has 2 aromatic rings. The van der Waals surface area contributed by atoms with E-state index < -0.39 is 34.4 Å². The minimum absolute atomic E-state index is 0.226. The molecule has 0 atom stereocenters. The van der Waals surface area contributed by atoms with Gasteiger partial charge in [0.2, 0.25) is 0 Å². The van der Waals surface area contributed by atoms with Crippen LogP contribution in [0, 0.1) is 0 Å². The number of likely N-dealkylation sites (N-methyl/N-ethyl adjacent to an activating group) is 1. The minimum atomic E-state index is -1.54. The first-order valence-corrected chi connectivity index (χ1v) is 9.94. The summed E-state index contributed by atoms with van der Waals surface area (Å²) >= 11 is 0. The van der Waals surface area contributed by atoms with Crippen molar-refractivity contribution in [3.63, 3.8) is 0 Å². The summed E-state index contributed by atoms with van der Waals surface area (Å²) in [4.78, 5) is 42.3. The lowest BCUT2D eigenvalue weighted by molar-refractivity contribution is 0.0695. The Kier molecular flexibility index (Phi) is 6.93. The molecule has 3 rings (SSSR count). The van der Waals surface area contributed by atoms with E-state index in [1.54, 1.807) is 12.1 Å². The summed E-state index contributed by atoms with van der Waals surface area (Å²) in [7, 11) is 2.10. The summed E-state index contributed by atoms with van der Waals surface area (Å²) in [6.45, 7) is 5.48. The fourth-order valence-electron chi connectivity index (χ4n) is 3.63. The van der Waals surface area contributed by atoms with Crippen LogP contribution in [0.3, 0.4) is 0 Å². The van der Waals surface area contributed by atoms with Gasteiger partial charge in [0.05, 0.1) is 6.61 Å². The lowest BCUT2D eigenvalue weighted by Gasteiger charge is -2.32. The van der Waals surface area contributed by atoms with E-state index >= 15 is 0 Å². The number of aromatic amines is 1. The zero-order valence-corrected chi connectivity index (χ0v) is 17.3. The van der Waals surface area contributed by atoms with Gasteiger partial charge in [0, 0.05) is 38.3 Å². The molecule has 0 saturated carbocycles. The summed E-state index contributed by atoms with van der Waals surface area (Å²) in [6, 6.07) is 6.34. The number of carboxylic acids is 2. The van der Waals surface area contributed by atoms with Crippen molar-refractivity contribution in [1.82, 2.24) is 14.8 Å². The highest BCUT2D eigenvalue weighted by molar-refractivity contribution is 6.07. The molecule has 0 bridgehead atoms. The van der Waals surface area contributed by atoms with Gasteiger partial charge >= 0.3 is 11.9 Å². The topological polar surface area (TPSA) is 149 Å². The third kappa shape index (κ3) is 5.22. The Morgan fingerprint density at radius 3 is 2.45 bits per heavy atom. The van der Waals surface area contributed by atoms with Gasteiger partial charge in [0.1, 0.15) is 22.7 Å². The number of hydrogen-bond donors (Lipinski definition) is 4. The smallest absolute Gasteiger partial charge is 0.342 e. The van der Waals surface area contributed by atoms with Gasteiger partial charge < -0.3 is 35.5 Å². The van der Waals surface area contributed by atoms with Crippen LogP contribution in [0.15, 0.2) is 29.1 Å². The highest BCUT2D eigenvalue weighted by Gasteiger charge is 2.26. The van der Waals surface area contributed by atoms with Crippen LogP contribution in [0.1, 0.15) is 27.1 Å². The van der Waals surface area contributed by atoms with Crippen LogP contribution in [0.25, 0.3) is 11.1 Å². The maximum absolute atomic E-state index is 12.2. The Labute approximate surface area is 178 Å². The van der Waals surface area contributed by atoms with E-state index in [-0.39, 0.29) is 11.1 Å². The molecule has 1 fully saturated rings. The van der Waals surface area contributed by atoms with Gasteiger partial charge in [-0.05, 0) is 31.2 Å². The van der Waals surface area contributed by atoms with E-state index in [1.165, 1.54) is 12.1 Å². The second-order valence-corrected chi connectivity index (χ2v) is 7.48. The summed E-state index contributed by atoms with van der Waals surface area (Å²) < 4.78 is 5.79. The predicted octanol–water partition coefficient (Wildman–Crippen LogP) is 1.04. The van der Waals surface area contributed by atoms with Gasteiger partial charge in [-0.25, -0.2) is 9.59 Å². The molecule has 1 aliphatic rings. The van der Waals surface area contributed by atoms with Crippen molar-refractivity contribution in [3.8, 4) is 16.9 Å². The van der Waals surface area contributed by atoms with E-state index in [9.17, 15) is 24.6 Å². The van der Waals surface area contributed by atoms with Crippen molar-refractivity contribution in [2.75, 3.05) is 52.1 Å². The Balaban J connectivity index is 1.79. The van der Waals surface area contributed by atoms with Crippen LogP contribution in [0.5, 0.6) is 5.75 Å². The van der Waals surface area contributed by atoms with E-state index in [0.29, 0.717) is 12.4 Å². The summed E-state index contributed by atoms with van der Waals surface area (Å²) in [5, 5.41) is 19.0. The molecule has 10 heteroatoms. The van der Waals surface area contributed by atoms with E-state index in [2.05, 4.69) is 21.8 Å². The van der Waals surface area contributed by atoms with Crippen LogP contribution in [-0.2, 0) is 0 Å². The number of nitrogens with one attached hydrogen (secondary N) is 1. The minimum Gasteiger partial charge on any atom is -0.494 e. The zero-order valence-electron chi connectivity index (χ0n) is 17.3. The number of H-pyrrole nitrogens is 1. The molecule has 0 aliphatic carbocycles. The fraction of sp³-hybridized carbons (Fsp3) is 0.381. The van der Waals surface area contributed by atoms with Crippen molar-refractivity contribution in [2.45, 2.75) is 6.42 Å². The predicted molar refractivity (Wildman–Crippen MR) is 115 cm³/mol. The zero-order chi connectivity index (χ0) is 22.5. The molecule has 1 aliphatic heterocycles. The number of nitrogen functional groups attached to an aromatic ring is 1. The summed E-state index contributed by atoms with van der Waals surface area (Å²) in [5.74, 6) is -2.94. The SMILES string of the molecule is CN1CCN(CCCOc2cccc(-c3c(C(=O)O)c(N)[nH]c(=O)c3C(=O)O)c2)CC1. The number of aromatic carboxylic acids is 2. The maximum atomic E-state index is 12.2. The molecule has 0 spiro atoms. The van der Waals surface area contributed by atoms with Crippen LogP contribution in [-0.4, -0.2) is 83.3 Å². The molecule has 0 unspecified atom stereocenters. The van der Waals surface area contributed by atoms with Gasteiger partial charge in [0.25, 0.3) is 5.56 Å². The van der Waals surface area contributed by atoms with E-state index in [1.807, 2.05) is 0 Å². The van der Waals surface area contributed by atoms with Gasteiger partial charge in [-0.3, -0.25) is 4.79 Å². The van der Waals surface area contributed by atoms with Crippen LogP contribution < -0.4 is 16.0 Å². The molecule has 1 aromatic heterocycles. The summed E-state index contributed by atoms with van der Waals surface area (Å²) in [5.41, 5.74) is 3.54. The molecule has 1 saturated heterocycles. The van der Waals surface area contributed by atoms with Crippen molar-refractivity contribution >= 4 is 17.8 Å². The van der Waals surface area contributed by atoms with Gasteiger partial charge in [0.15, 0.2) is 0 Å². The molecule has 10 nitrogen and oxygen atoms in total. The van der Waals surface area contributed by atoms with Gasteiger partial charge in [-0.15, -0.1) is 0 Å². The highest BCUT2D eigenvalue weighted by Crippen LogP contribution is 2.31. The van der Waals surface area contributed by atoms with Gasteiger partial charge in [-0.1, -0.05) is 12.1 Å². The molecule has 0 radical (unpaired) electrons. The number of anilines is 1. The van der Waals surface area contributed by atoms with E-state index in [0.717, 1.165) is 39.1 Å². The average molecular weight is 430 g/mol. The monoisotopic (exact) mass is 430 g/mol. The van der Waals surface area contributed by atoms with Crippen molar-refractivity contribution in [1.29, 1.82) is 0 Å². The Morgan fingerprint density at radius 2 is 1.81 bits per heavy atom. The number of carboxylic acid groups (broad SMARTS) is 2. The average Bonchev–Trinajstić information content (AvgIpc) is 2.71. The van der Waals surface area contributed by atoms with E-state index in [4.69, 9.17) is 10.5 Å². The number of hydrogen-bond acceptors (Lipinski definition) is 7. The number of ether oxygens (including phenoxy) is 1. The van der Waals surface area contributed by atoms with Gasteiger partial charge in [-0.2, -0.15) is 0 Å². The normalized spacial score (nSPS) is 15.0. The quantitative estimate of drug-likeness (QED) is 0.451. The molecular weight excluding hydrogens is 404 g/mol. The summed E-state index contributed by atoms with van der Waals surface area (Å²) in [6.07, 6.45) is 0.812. The third-order valence-electron chi connectivity index (χ3n) is 5.28. The Bertz CT molecular complexity index is 1030. The highest BCUT2D eigenvalue weighted by atomic mass is 16.5. The number of piperazine rings is 1. The molecule has 0 amide bonds. The lowest BCUT2D eigenvalue weighted by Crippen LogP contribution is -2.44. The Morgan fingerprint density at radius 1 is 1.13 bits per heavy atom. The number of aromatic nitrogens is 1. The van der Waals surface area contributed by atoms with Crippen molar-refractivity contribution < 1.29 is 24.5 Å². The molecular formula is C21H26N4O6. The number of pyridine rings is 1. The first kappa shape index (κ1) is 22.3. The second kappa shape index (κ2) is 9.63. The third-order valence-corrected chi connectivity index (χ3v) is 5.28. The standard InChI is InChI=1S/C21H26N4O6/c1-24-7-9-25(10-8-24)6-3-11-31-14-5-2-4-13(12-14)15-16(20(27)28)18(22)23-19(26)17(15)21(29)30/h2,4-5,12H,3,6-11H2,1H3,(H,27,28)(H,29,30)(H3,22,23,26). The lowest BCUT2D eigenvalue weighted by atomic mass is 9.95. The van der Waals surface area contributed by atoms with Crippen molar-refractivity contribution in [3.05, 3.63) is 45.7 Å². The maximum Gasteiger partial charge on any atom is 0.342 e. The number of nitrogens with two attached hydrogens (primary N) is 1. The number of carbonyl (C=O) groups is 2. The molecule has 31 heavy (non-hydrogen) atoms. The molecule has 1 aromatic carbocycles. The first-order valence-electron chi connectivity index (χ1n) is 9.94. The second-order valence-electron chi connectivity index (χ2n) is 7.48. The largest absolute Gasteiger partial charge is 0.494 e. The molecule has 2 heterocycles. The number of nitrogens with zero attached hydrogens (tertiary/aromatic N) is 2. The van der Waals surface area contributed by atoms with Crippen LogP contribution in [0.2, 0.25) is 0 Å². The Hall–Kier alpha value is -3.37. The molecule has 5 N–H and O–H groups in total. The fourth-order valence-corrected chi connectivity index (χ4v) is 3.63. The van der Waals surface area contributed by atoms with Crippen LogP contribution >= 0.6 is 0 Å². The molecule has 166 valence electrons. The number of benzene rings is 1. The van der Waals surface area contributed by atoms with Crippen LogP contribution in [0.4, 0.5) is 5.82 Å².